The van der Waals surface area contributed by atoms with Crippen molar-refractivity contribution in [3.05, 3.63) is 29.3 Å². The second-order valence-corrected chi connectivity index (χ2v) is 5.36. The van der Waals surface area contributed by atoms with Crippen LogP contribution in [0.2, 0.25) is 0 Å². The van der Waals surface area contributed by atoms with Gasteiger partial charge < -0.3 is 5.32 Å². The van der Waals surface area contributed by atoms with Crippen molar-refractivity contribution in [1.29, 1.82) is 0 Å². The molecule has 0 saturated heterocycles. The molecule has 2 heteroatoms. The minimum Gasteiger partial charge on any atom is -0.314 e. The molecular weight excluding hydrogens is 202 g/mol. The van der Waals surface area contributed by atoms with Gasteiger partial charge in [0.05, 0.1) is 0 Å². The maximum absolute atomic E-state index is 3.43. The van der Waals surface area contributed by atoms with Crippen LogP contribution in [0, 0.1) is 13.8 Å². The molecule has 1 rings (SSSR count). The van der Waals surface area contributed by atoms with E-state index in [4.69, 9.17) is 0 Å². The Morgan fingerprint density at radius 3 is 2.67 bits per heavy atom. The molecule has 1 N–H and O–H groups in total. The Kier molecular flexibility index (Phi) is 5.20. The second kappa shape index (κ2) is 6.19. The monoisotopic (exact) mass is 223 g/mol. The lowest BCUT2D eigenvalue weighted by Crippen LogP contribution is -2.24. The first kappa shape index (κ1) is 12.6. The van der Waals surface area contributed by atoms with E-state index in [1.54, 1.807) is 0 Å². The van der Waals surface area contributed by atoms with Crippen LogP contribution in [-0.4, -0.2) is 18.3 Å². The summed E-state index contributed by atoms with van der Waals surface area (Å²) in [6.45, 7) is 9.77. The van der Waals surface area contributed by atoms with Gasteiger partial charge in [0.2, 0.25) is 0 Å². The van der Waals surface area contributed by atoms with Gasteiger partial charge in [-0.25, -0.2) is 0 Å². The quantitative estimate of drug-likeness (QED) is 0.606. The maximum atomic E-state index is 3.43. The van der Waals surface area contributed by atoms with Gasteiger partial charge in [-0.3, -0.25) is 0 Å². The molecule has 0 spiro atoms. The third kappa shape index (κ3) is 4.72. The Bertz CT molecular complexity index is 307. The van der Waals surface area contributed by atoms with E-state index in [1.807, 2.05) is 11.8 Å². The van der Waals surface area contributed by atoms with E-state index in [9.17, 15) is 0 Å². The molecule has 0 aliphatic heterocycles. The Balaban J connectivity index is 2.40. The average Bonchev–Trinajstić information content (AvgIpc) is 2.17. The molecule has 0 amide bonds. The molecule has 84 valence electrons. The molecule has 0 radical (unpaired) electrons. The third-order valence-corrected chi connectivity index (χ3v) is 3.41. The normalized spacial score (nSPS) is 11.0. The molecule has 0 atom stereocenters. The number of rotatable bonds is 5. The summed E-state index contributed by atoms with van der Waals surface area (Å²) in [6.07, 6.45) is 0. The summed E-state index contributed by atoms with van der Waals surface area (Å²) in [5.74, 6) is 1.14. The van der Waals surface area contributed by atoms with Crippen LogP contribution in [0.15, 0.2) is 23.1 Å². The largest absolute Gasteiger partial charge is 0.314 e. The predicted molar refractivity (Wildman–Crippen MR) is 69.8 cm³/mol. The molecule has 0 heterocycles. The van der Waals surface area contributed by atoms with Crippen molar-refractivity contribution in [3.63, 3.8) is 0 Å². The van der Waals surface area contributed by atoms with E-state index in [0.717, 1.165) is 12.3 Å². The van der Waals surface area contributed by atoms with Crippen LogP contribution >= 0.6 is 11.8 Å². The zero-order valence-corrected chi connectivity index (χ0v) is 10.9. The average molecular weight is 223 g/mol. The summed E-state index contributed by atoms with van der Waals surface area (Å²) in [7, 11) is 0. The Morgan fingerprint density at radius 2 is 2.00 bits per heavy atom. The van der Waals surface area contributed by atoms with Crippen LogP contribution in [0.1, 0.15) is 25.0 Å². The highest BCUT2D eigenvalue weighted by atomic mass is 32.2. The topological polar surface area (TPSA) is 12.0 Å². The number of aryl methyl sites for hydroxylation is 2. The van der Waals surface area contributed by atoms with Crippen molar-refractivity contribution < 1.29 is 0 Å². The number of thioether (sulfide) groups is 1. The van der Waals surface area contributed by atoms with Gasteiger partial charge in [0.25, 0.3) is 0 Å². The lowest BCUT2D eigenvalue weighted by atomic mass is 10.2. The minimum atomic E-state index is 0.587. The Morgan fingerprint density at radius 1 is 1.27 bits per heavy atom. The fourth-order valence-corrected chi connectivity index (χ4v) is 2.38. The van der Waals surface area contributed by atoms with Crippen molar-refractivity contribution in [1.82, 2.24) is 5.32 Å². The molecule has 0 bridgehead atoms. The van der Waals surface area contributed by atoms with Gasteiger partial charge in [0, 0.05) is 23.2 Å². The van der Waals surface area contributed by atoms with Crippen molar-refractivity contribution in [2.24, 2.45) is 0 Å². The SMILES string of the molecule is Cc1ccc(C)c(SCCNC(C)C)c1. The fourth-order valence-electron chi connectivity index (χ4n) is 1.37. The standard InChI is InChI=1S/C13H21NS/c1-10(2)14-7-8-15-13-9-11(3)5-6-12(13)4/h5-6,9-10,14H,7-8H2,1-4H3. The number of benzene rings is 1. The molecule has 0 saturated carbocycles. The maximum Gasteiger partial charge on any atom is 0.0106 e. The highest BCUT2D eigenvalue weighted by Crippen LogP contribution is 2.22. The predicted octanol–water partition coefficient (Wildman–Crippen LogP) is 3.39. The molecule has 0 aliphatic rings. The minimum absolute atomic E-state index is 0.587. The van der Waals surface area contributed by atoms with Crippen LogP contribution in [-0.2, 0) is 0 Å². The summed E-state index contributed by atoms with van der Waals surface area (Å²) >= 11 is 1.94. The van der Waals surface area contributed by atoms with Crippen molar-refractivity contribution in [3.8, 4) is 0 Å². The zero-order valence-electron chi connectivity index (χ0n) is 10.1. The Hall–Kier alpha value is -0.470. The van der Waals surface area contributed by atoms with E-state index in [-0.39, 0.29) is 0 Å². The Labute approximate surface area is 97.7 Å². The van der Waals surface area contributed by atoms with Gasteiger partial charge in [0.1, 0.15) is 0 Å². The van der Waals surface area contributed by atoms with Gasteiger partial charge >= 0.3 is 0 Å². The highest BCUT2D eigenvalue weighted by molar-refractivity contribution is 7.99. The molecule has 1 aromatic rings. The summed E-state index contributed by atoms with van der Waals surface area (Å²) in [5.41, 5.74) is 2.73. The summed E-state index contributed by atoms with van der Waals surface area (Å²) in [5, 5.41) is 3.43. The molecule has 1 aromatic carbocycles. The fraction of sp³-hybridized carbons (Fsp3) is 0.538. The van der Waals surface area contributed by atoms with Crippen LogP contribution in [0.25, 0.3) is 0 Å². The molecule has 0 aromatic heterocycles. The van der Waals surface area contributed by atoms with E-state index in [1.165, 1.54) is 16.0 Å². The smallest absolute Gasteiger partial charge is 0.0106 e. The van der Waals surface area contributed by atoms with Gasteiger partial charge in [-0.2, -0.15) is 0 Å². The van der Waals surface area contributed by atoms with Crippen molar-refractivity contribution >= 4 is 11.8 Å². The zero-order chi connectivity index (χ0) is 11.3. The van der Waals surface area contributed by atoms with Crippen LogP contribution in [0.5, 0.6) is 0 Å². The first-order valence-corrected chi connectivity index (χ1v) is 6.51. The number of hydrogen-bond acceptors (Lipinski definition) is 2. The summed E-state index contributed by atoms with van der Waals surface area (Å²) in [6, 6.07) is 7.23. The van der Waals surface area contributed by atoms with Crippen LogP contribution in [0.4, 0.5) is 0 Å². The molecule has 0 fully saturated rings. The highest BCUT2D eigenvalue weighted by Gasteiger charge is 1.99. The number of nitrogens with one attached hydrogen (secondary N) is 1. The van der Waals surface area contributed by atoms with Gasteiger partial charge in [-0.1, -0.05) is 31.5 Å². The second-order valence-electron chi connectivity index (χ2n) is 4.23. The van der Waals surface area contributed by atoms with Gasteiger partial charge in [0.15, 0.2) is 0 Å². The van der Waals surface area contributed by atoms with Crippen LogP contribution in [0.3, 0.4) is 0 Å². The van der Waals surface area contributed by atoms with E-state index in [2.05, 4.69) is 51.2 Å². The third-order valence-electron chi connectivity index (χ3n) is 2.26. The lowest BCUT2D eigenvalue weighted by Gasteiger charge is -2.09. The van der Waals surface area contributed by atoms with E-state index in [0.29, 0.717) is 6.04 Å². The van der Waals surface area contributed by atoms with Gasteiger partial charge in [-0.05, 0) is 25.5 Å². The lowest BCUT2D eigenvalue weighted by molar-refractivity contribution is 0.616. The van der Waals surface area contributed by atoms with Crippen LogP contribution < -0.4 is 5.32 Å². The van der Waals surface area contributed by atoms with E-state index >= 15 is 0 Å². The summed E-state index contributed by atoms with van der Waals surface area (Å²) in [4.78, 5) is 1.42. The molecule has 15 heavy (non-hydrogen) atoms. The van der Waals surface area contributed by atoms with E-state index < -0.39 is 0 Å². The first-order valence-electron chi connectivity index (χ1n) is 5.53. The first-order chi connectivity index (χ1) is 7.09. The van der Waals surface area contributed by atoms with Crippen molar-refractivity contribution in [2.45, 2.75) is 38.6 Å². The molecule has 1 nitrogen and oxygen atoms in total. The molecule has 0 unspecified atom stereocenters. The summed E-state index contributed by atoms with van der Waals surface area (Å²) < 4.78 is 0. The molecular formula is C13H21NS. The molecule has 0 aliphatic carbocycles. The van der Waals surface area contributed by atoms with Crippen molar-refractivity contribution in [2.75, 3.05) is 12.3 Å². The number of hydrogen-bond donors (Lipinski definition) is 1. The van der Waals surface area contributed by atoms with Gasteiger partial charge in [-0.15, -0.1) is 11.8 Å².